The summed E-state index contributed by atoms with van der Waals surface area (Å²) in [6, 6.07) is 4.76. The summed E-state index contributed by atoms with van der Waals surface area (Å²) in [5.41, 5.74) is 1.95. The van der Waals surface area contributed by atoms with Crippen molar-refractivity contribution in [2.24, 2.45) is 0 Å². The van der Waals surface area contributed by atoms with Gasteiger partial charge >= 0.3 is 0 Å². The number of hydrogen-bond donors (Lipinski definition) is 1. The van der Waals surface area contributed by atoms with Crippen LogP contribution < -0.4 is 5.32 Å². The lowest BCUT2D eigenvalue weighted by Crippen LogP contribution is -2.33. The first-order valence-electron chi connectivity index (χ1n) is 7.39. The lowest BCUT2D eigenvalue weighted by atomic mass is 10.2. The first-order chi connectivity index (χ1) is 11.8. The van der Waals surface area contributed by atoms with Crippen molar-refractivity contribution < 1.29 is 14.1 Å². The molecule has 0 spiro atoms. The zero-order valence-electron chi connectivity index (χ0n) is 14.0. The average molecular weight is 382 g/mol. The summed E-state index contributed by atoms with van der Waals surface area (Å²) < 4.78 is 5.03. The second-order valence-corrected chi connectivity index (χ2v) is 6.26. The van der Waals surface area contributed by atoms with Crippen LogP contribution in [0.5, 0.6) is 0 Å². The minimum atomic E-state index is -0.347. The quantitative estimate of drug-likeness (QED) is 0.800. The highest BCUT2D eigenvalue weighted by atomic mass is 35.5. The second kappa shape index (κ2) is 8.18. The number of aryl methyl sites for hydroxylation is 2. The van der Waals surface area contributed by atoms with E-state index in [4.69, 9.17) is 27.7 Å². The van der Waals surface area contributed by atoms with Crippen molar-refractivity contribution in [1.82, 2.24) is 10.1 Å². The van der Waals surface area contributed by atoms with E-state index >= 15 is 0 Å². The SMILES string of the molecule is Cc1noc(C)c1C=CC(=O)N(C)CC(=O)Nc1ccc(Cl)c(Cl)c1. The van der Waals surface area contributed by atoms with Crippen molar-refractivity contribution in [3.63, 3.8) is 0 Å². The number of carbonyl (C=O) groups excluding carboxylic acids is 2. The van der Waals surface area contributed by atoms with Crippen LogP contribution in [-0.2, 0) is 9.59 Å². The fraction of sp³-hybridized carbons (Fsp3) is 0.235. The Labute approximate surface area is 155 Å². The number of likely N-dealkylation sites (N-methyl/N-ethyl adjacent to an activating group) is 1. The van der Waals surface area contributed by atoms with E-state index in [1.165, 1.54) is 18.0 Å². The Morgan fingerprint density at radius 1 is 1.28 bits per heavy atom. The van der Waals surface area contributed by atoms with Gasteiger partial charge in [-0.2, -0.15) is 0 Å². The zero-order chi connectivity index (χ0) is 18.6. The van der Waals surface area contributed by atoms with Crippen LogP contribution >= 0.6 is 23.2 Å². The molecule has 1 heterocycles. The van der Waals surface area contributed by atoms with E-state index in [1.807, 2.05) is 0 Å². The van der Waals surface area contributed by atoms with Crippen molar-refractivity contribution in [1.29, 1.82) is 0 Å². The maximum Gasteiger partial charge on any atom is 0.246 e. The average Bonchev–Trinajstić information content (AvgIpc) is 2.87. The smallest absolute Gasteiger partial charge is 0.246 e. The molecule has 0 aliphatic heterocycles. The molecule has 0 aliphatic rings. The van der Waals surface area contributed by atoms with Crippen LogP contribution in [0, 0.1) is 13.8 Å². The highest BCUT2D eigenvalue weighted by Crippen LogP contribution is 2.24. The minimum Gasteiger partial charge on any atom is -0.361 e. The molecular weight excluding hydrogens is 365 g/mol. The molecule has 0 saturated carbocycles. The van der Waals surface area contributed by atoms with Gasteiger partial charge in [0.15, 0.2) is 0 Å². The third-order valence-corrected chi connectivity index (χ3v) is 4.18. The topological polar surface area (TPSA) is 75.4 Å². The zero-order valence-corrected chi connectivity index (χ0v) is 15.5. The summed E-state index contributed by atoms with van der Waals surface area (Å²) in [5, 5.41) is 7.21. The number of nitrogens with zero attached hydrogens (tertiary/aromatic N) is 2. The largest absolute Gasteiger partial charge is 0.361 e. The molecular formula is C17H17Cl2N3O3. The molecule has 1 N–H and O–H groups in total. The molecule has 0 bridgehead atoms. The maximum atomic E-state index is 12.1. The van der Waals surface area contributed by atoms with Crippen molar-refractivity contribution in [2.45, 2.75) is 13.8 Å². The summed E-state index contributed by atoms with van der Waals surface area (Å²) in [7, 11) is 1.54. The van der Waals surface area contributed by atoms with Gasteiger partial charge in [0.05, 0.1) is 22.3 Å². The second-order valence-electron chi connectivity index (χ2n) is 5.44. The van der Waals surface area contributed by atoms with E-state index in [2.05, 4.69) is 10.5 Å². The van der Waals surface area contributed by atoms with Crippen molar-refractivity contribution >= 4 is 46.8 Å². The number of aromatic nitrogens is 1. The molecule has 8 heteroatoms. The highest BCUT2D eigenvalue weighted by molar-refractivity contribution is 6.42. The molecule has 0 radical (unpaired) electrons. The van der Waals surface area contributed by atoms with E-state index in [0.29, 0.717) is 27.2 Å². The van der Waals surface area contributed by atoms with Gasteiger partial charge in [-0.3, -0.25) is 9.59 Å². The summed E-state index contributed by atoms with van der Waals surface area (Å²) in [5.74, 6) is -0.0363. The predicted molar refractivity (Wildman–Crippen MR) is 97.7 cm³/mol. The number of benzene rings is 1. The Bertz CT molecular complexity index is 811. The molecule has 6 nitrogen and oxygen atoms in total. The predicted octanol–water partition coefficient (Wildman–Crippen LogP) is 3.71. The lowest BCUT2D eigenvalue weighted by molar-refractivity contribution is -0.129. The van der Waals surface area contributed by atoms with Crippen molar-refractivity contribution in [2.75, 3.05) is 18.9 Å². The monoisotopic (exact) mass is 381 g/mol. The molecule has 0 atom stereocenters. The van der Waals surface area contributed by atoms with Gasteiger partial charge in [0.25, 0.3) is 0 Å². The van der Waals surface area contributed by atoms with Gasteiger partial charge in [0, 0.05) is 24.4 Å². The molecule has 0 aliphatic carbocycles. The van der Waals surface area contributed by atoms with Gasteiger partial charge in [-0.25, -0.2) is 0 Å². The molecule has 1 aromatic carbocycles. The number of rotatable bonds is 5. The Balaban J connectivity index is 1.93. The Kier molecular flexibility index (Phi) is 6.22. The number of nitrogens with one attached hydrogen (secondary N) is 1. The Hall–Kier alpha value is -2.31. The van der Waals surface area contributed by atoms with Crippen LogP contribution in [0.1, 0.15) is 17.0 Å². The van der Waals surface area contributed by atoms with Crippen LogP contribution in [0.25, 0.3) is 6.08 Å². The molecule has 0 saturated heterocycles. The van der Waals surface area contributed by atoms with Gasteiger partial charge in [-0.05, 0) is 38.1 Å². The fourth-order valence-corrected chi connectivity index (χ4v) is 2.38. The summed E-state index contributed by atoms with van der Waals surface area (Å²) in [6.45, 7) is 3.44. The van der Waals surface area contributed by atoms with Gasteiger partial charge in [0.1, 0.15) is 5.76 Å². The van der Waals surface area contributed by atoms with Crippen molar-refractivity contribution in [3.8, 4) is 0 Å². The Morgan fingerprint density at radius 3 is 2.60 bits per heavy atom. The standard InChI is InChI=1S/C17H17Cl2N3O3/c1-10-13(11(2)25-21-10)5-7-17(24)22(3)9-16(23)20-12-4-6-14(18)15(19)8-12/h4-8H,9H2,1-3H3,(H,20,23). The number of hydrogen-bond acceptors (Lipinski definition) is 4. The summed E-state index contributed by atoms with van der Waals surface area (Å²) in [6.07, 6.45) is 3.00. The first kappa shape index (κ1) is 19.0. The summed E-state index contributed by atoms with van der Waals surface area (Å²) >= 11 is 11.7. The number of amides is 2. The lowest BCUT2D eigenvalue weighted by Gasteiger charge is -2.15. The molecule has 132 valence electrons. The number of halogens is 2. The van der Waals surface area contributed by atoms with E-state index in [1.54, 1.807) is 38.1 Å². The van der Waals surface area contributed by atoms with Gasteiger partial charge < -0.3 is 14.7 Å². The minimum absolute atomic E-state index is 0.106. The highest BCUT2D eigenvalue weighted by Gasteiger charge is 2.12. The summed E-state index contributed by atoms with van der Waals surface area (Å²) in [4.78, 5) is 25.4. The molecule has 2 aromatic rings. The number of anilines is 1. The number of carbonyl (C=O) groups is 2. The third kappa shape index (κ3) is 5.08. The van der Waals surface area contributed by atoms with Crippen LogP contribution in [0.4, 0.5) is 5.69 Å². The molecule has 0 fully saturated rings. The first-order valence-corrected chi connectivity index (χ1v) is 8.14. The molecule has 1 aromatic heterocycles. The molecule has 2 amide bonds. The van der Waals surface area contributed by atoms with Crippen LogP contribution in [0.15, 0.2) is 28.8 Å². The normalized spacial score (nSPS) is 10.9. The van der Waals surface area contributed by atoms with Crippen LogP contribution in [0.2, 0.25) is 10.0 Å². The van der Waals surface area contributed by atoms with E-state index < -0.39 is 0 Å². The van der Waals surface area contributed by atoms with E-state index in [9.17, 15) is 9.59 Å². The maximum absolute atomic E-state index is 12.1. The molecule has 0 unspecified atom stereocenters. The van der Waals surface area contributed by atoms with E-state index in [-0.39, 0.29) is 18.4 Å². The third-order valence-electron chi connectivity index (χ3n) is 3.44. The van der Waals surface area contributed by atoms with E-state index in [0.717, 1.165) is 5.56 Å². The Morgan fingerprint density at radius 2 is 2.00 bits per heavy atom. The molecule has 2 rings (SSSR count). The van der Waals surface area contributed by atoms with Gasteiger partial charge in [-0.15, -0.1) is 0 Å². The van der Waals surface area contributed by atoms with Crippen LogP contribution in [0.3, 0.4) is 0 Å². The van der Waals surface area contributed by atoms with Gasteiger partial charge in [0.2, 0.25) is 11.8 Å². The fourth-order valence-electron chi connectivity index (χ4n) is 2.08. The molecule has 25 heavy (non-hydrogen) atoms. The van der Waals surface area contributed by atoms with Gasteiger partial charge in [-0.1, -0.05) is 28.4 Å². The van der Waals surface area contributed by atoms with Crippen LogP contribution in [-0.4, -0.2) is 35.5 Å². The van der Waals surface area contributed by atoms with Crippen molar-refractivity contribution in [3.05, 3.63) is 51.3 Å².